The van der Waals surface area contributed by atoms with Gasteiger partial charge in [0.25, 0.3) is 0 Å². The van der Waals surface area contributed by atoms with E-state index < -0.39 is 0 Å². The Bertz CT molecular complexity index is 271. The molecule has 1 saturated carbocycles. The molecule has 0 bridgehead atoms. The molecule has 1 unspecified atom stereocenters. The van der Waals surface area contributed by atoms with Crippen LogP contribution in [0.15, 0.2) is 0 Å². The number of nitrogens with one attached hydrogen (secondary N) is 1. The van der Waals surface area contributed by atoms with Gasteiger partial charge in [0.1, 0.15) is 0 Å². The average molecular weight is 283 g/mol. The highest BCUT2D eigenvalue weighted by Gasteiger charge is 2.16. The third-order valence-corrected chi connectivity index (χ3v) is 4.37. The molecule has 1 heterocycles. The highest BCUT2D eigenvalue weighted by atomic mass is 16.5. The van der Waals surface area contributed by atoms with E-state index in [1.54, 1.807) is 0 Å². The molecule has 1 aliphatic heterocycles. The van der Waals surface area contributed by atoms with Crippen LogP contribution in [-0.2, 0) is 14.3 Å². The van der Waals surface area contributed by atoms with Crippen LogP contribution in [0.2, 0.25) is 0 Å². The van der Waals surface area contributed by atoms with Crippen molar-refractivity contribution < 1.29 is 14.3 Å². The molecule has 0 aromatic carbocycles. The average Bonchev–Trinajstić information content (AvgIpc) is 3.13. The maximum Gasteiger partial charge on any atom is 0.220 e. The first kappa shape index (κ1) is 15.8. The van der Waals surface area contributed by atoms with Gasteiger partial charge in [-0.1, -0.05) is 25.7 Å². The quantitative estimate of drug-likeness (QED) is 0.662. The minimum Gasteiger partial charge on any atom is -0.379 e. The molecule has 0 radical (unpaired) electrons. The first-order valence-corrected chi connectivity index (χ1v) is 8.30. The van der Waals surface area contributed by atoms with Gasteiger partial charge in [-0.05, 0) is 31.6 Å². The Morgan fingerprint density at radius 2 is 2.05 bits per heavy atom. The van der Waals surface area contributed by atoms with E-state index in [1.165, 1.54) is 25.7 Å². The zero-order valence-electron chi connectivity index (χ0n) is 12.6. The van der Waals surface area contributed by atoms with Crippen molar-refractivity contribution in [3.63, 3.8) is 0 Å². The number of carbonyl (C=O) groups is 1. The lowest BCUT2D eigenvalue weighted by Crippen LogP contribution is -2.25. The highest BCUT2D eigenvalue weighted by Crippen LogP contribution is 2.28. The molecular formula is C16H29NO3. The fourth-order valence-corrected chi connectivity index (χ4v) is 3.12. The van der Waals surface area contributed by atoms with Crippen LogP contribution in [0.4, 0.5) is 0 Å². The van der Waals surface area contributed by atoms with Crippen LogP contribution in [0.5, 0.6) is 0 Å². The normalized spacial score (nSPS) is 23.3. The summed E-state index contributed by atoms with van der Waals surface area (Å²) in [6, 6.07) is 0. The van der Waals surface area contributed by atoms with Gasteiger partial charge in [0, 0.05) is 26.2 Å². The molecule has 4 heteroatoms. The van der Waals surface area contributed by atoms with Crippen LogP contribution < -0.4 is 5.32 Å². The molecule has 0 aromatic rings. The molecule has 2 aliphatic rings. The van der Waals surface area contributed by atoms with Gasteiger partial charge in [0.2, 0.25) is 5.91 Å². The van der Waals surface area contributed by atoms with Gasteiger partial charge in [-0.15, -0.1) is 0 Å². The predicted octanol–water partition coefficient (Wildman–Crippen LogP) is 2.66. The molecule has 1 N–H and O–H groups in total. The van der Waals surface area contributed by atoms with Crippen molar-refractivity contribution in [3.8, 4) is 0 Å². The lowest BCUT2D eigenvalue weighted by Gasteiger charge is -2.11. The van der Waals surface area contributed by atoms with Gasteiger partial charge >= 0.3 is 0 Å². The van der Waals surface area contributed by atoms with Crippen molar-refractivity contribution in [2.24, 2.45) is 5.92 Å². The Labute approximate surface area is 122 Å². The van der Waals surface area contributed by atoms with Crippen molar-refractivity contribution in [1.29, 1.82) is 0 Å². The number of hydrogen-bond acceptors (Lipinski definition) is 3. The maximum atomic E-state index is 11.7. The van der Waals surface area contributed by atoms with E-state index in [4.69, 9.17) is 9.47 Å². The second-order valence-electron chi connectivity index (χ2n) is 6.10. The lowest BCUT2D eigenvalue weighted by molar-refractivity contribution is -0.121. The summed E-state index contributed by atoms with van der Waals surface area (Å²) in [5, 5.41) is 2.98. The summed E-state index contributed by atoms with van der Waals surface area (Å²) in [7, 11) is 0. The summed E-state index contributed by atoms with van der Waals surface area (Å²) in [5.74, 6) is 1.01. The molecule has 116 valence electrons. The zero-order chi connectivity index (χ0) is 14.0. The summed E-state index contributed by atoms with van der Waals surface area (Å²) in [4.78, 5) is 11.7. The van der Waals surface area contributed by atoms with E-state index in [9.17, 15) is 4.79 Å². The van der Waals surface area contributed by atoms with E-state index in [0.29, 0.717) is 25.7 Å². The standard InChI is InChI=1S/C16H29NO3/c18-16(9-8-14-5-1-2-6-14)17-10-4-11-19-13-15-7-3-12-20-15/h14-15H,1-13H2,(H,17,18). The summed E-state index contributed by atoms with van der Waals surface area (Å²) in [6.07, 6.45) is 10.6. The van der Waals surface area contributed by atoms with Crippen molar-refractivity contribution >= 4 is 5.91 Å². The Kier molecular flexibility index (Phi) is 7.37. The Hall–Kier alpha value is -0.610. The Morgan fingerprint density at radius 3 is 2.80 bits per heavy atom. The zero-order valence-corrected chi connectivity index (χ0v) is 12.6. The number of ether oxygens (including phenoxy) is 2. The minimum absolute atomic E-state index is 0.205. The maximum absolute atomic E-state index is 11.7. The second-order valence-corrected chi connectivity index (χ2v) is 6.10. The smallest absolute Gasteiger partial charge is 0.220 e. The van der Waals surface area contributed by atoms with Crippen LogP contribution >= 0.6 is 0 Å². The highest BCUT2D eigenvalue weighted by molar-refractivity contribution is 5.75. The van der Waals surface area contributed by atoms with E-state index in [0.717, 1.165) is 44.8 Å². The van der Waals surface area contributed by atoms with E-state index >= 15 is 0 Å². The van der Waals surface area contributed by atoms with Crippen LogP contribution in [0.1, 0.15) is 57.8 Å². The van der Waals surface area contributed by atoms with Crippen LogP contribution in [0.3, 0.4) is 0 Å². The summed E-state index contributed by atoms with van der Waals surface area (Å²) < 4.78 is 11.0. The molecule has 2 rings (SSSR count). The Morgan fingerprint density at radius 1 is 1.20 bits per heavy atom. The second kappa shape index (κ2) is 9.35. The molecule has 0 spiro atoms. The van der Waals surface area contributed by atoms with Gasteiger partial charge in [-0.25, -0.2) is 0 Å². The topological polar surface area (TPSA) is 47.6 Å². The van der Waals surface area contributed by atoms with Gasteiger partial charge in [0.05, 0.1) is 12.7 Å². The molecular weight excluding hydrogens is 254 g/mol. The van der Waals surface area contributed by atoms with Crippen molar-refractivity contribution in [1.82, 2.24) is 5.32 Å². The molecule has 1 atom stereocenters. The third kappa shape index (κ3) is 6.23. The van der Waals surface area contributed by atoms with Gasteiger partial charge in [0.15, 0.2) is 0 Å². The SMILES string of the molecule is O=C(CCC1CCCC1)NCCCOCC1CCCO1. The largest absolute Gasteiger partial charge is 0.379 e. The Balaban J connectivity index is 1.37. The fraction of sp³-hybridized carbons (Fsp3) is 0.938. The number of rotatable bonds is 9. The third-order valence-electron chi connectivity index (χ3n) is 4.37. The van der Waals surface area contributed by atoms with Crippen molar-refractivity contribution in [2.75, 3.05) is 26.4 Å². The molecule has 4 nitrogen and oxygen atoms in total. The van der Waals surface area contributed by atoms with Crippen molar-refractivity contribution in [3.05, 3.63) is 0 Å². The monoisotopic (exact) mass is 283 g/mol. The summed E-state index contributed by atoms with van der Waals surface area (Å²) >= 11 is 0. The van der Waals surface area contributed by atoms with E-state index in [-0.39, 0.29) is 5.91 Å². The van der Waals surface area contributed by atoms with Crippen LogP contribution in [0, 0.1) is 5.92 Å². The lowest BCUT2D eigenvalue weighted by atomic mass is 10.0. The van der Waals surface area contributed by atoms with E-state index in [1.807, 2.05) is 0 Å². The summed E-state index contributed by atoms with van der Waals surface area (Å²) in [6.45, 7) is 3.03. The first-order chi connectivity index (χ1) is 9.84. The molecule has 1 amide bonds. The molecule has 2 fully saturated rings. The number of amides is 1. The molecule has 1 saturated heterocycles. The molecule has 1 aliphatic carbocycles. The van der Waals surface area contributed by atoms with Crippen molar-refractivity contribution in [2.45, 2.75) is 63.9 Å². The minimum atomic E-state index is 0.205. The summed E-state index contributed by atoms with van der Waals surface area (Å²) in [5.41, 5.74) is 0. The number of carbonyl (C=O) groups excluding carboxylic acids is 1. The molecule has 0 aromatic heterocycles. The van der Waals surface area contributed by atoms with Gasteiger partial charge < -0.3 is 14.8 Å². The van der Waals surface area contributed by atoms with Crippen LogP contribution in [-0.4, -0.2) is 38.4 Å². The molecule has 20 heavy (non-hydrogen) atoms. The van der Waals surface area contributed by atoms with Gasteiger partial charge in [-0.3, -0.25) is 4.79 Å². The van der Waals surface area contributed by atoms with Crippen LogP contribution in [0.25, 0.3) is 0 Å². The van der Waals surface area contributed by atoms with E-state index in [2.05, 4.69) is 5.32 Å². The predicted molar refractivity (Wildman–Crippen MR) is 78.6 cm³/mol. The number of hydrogen-bond donors (Lipinski definition) is 1. The van der Waals surface area contributed by atoms with Gasteiger partial charge in [-0.2, -0.15) is 0 Å². The first-order valence-electron chi connectivity index (χ1n) is 8.30. The fourth-order valence-electron chi connectivity index (χ4n) is 3.12.